The van der Waals surface area contributed by atoms with Crippen LogP contribution in [0.4, 0.5) is 81.7 Å². The minimum atomic E-state index is 0. The van der Waals surface area contributed by atoms with Crippen molar-refractivity contribution in [3.63, 3.8) is 0 Å². The van der Waals surface area contributed by atoms with E-state index in [0.717, 1.165) is 34.1 Å². The Morgan fingerprint density at radius 2 is 0.454 bits per heavy atom. The maximum Gasteiger partial charge on any atom is 1.00 e. The number of nitrogens with one attached hydrogen (secondary N) is 6. The second kappa shape index (κ2) is 50.9. The molecule has 6 aromatic carbocycles. The largest absolute Gasteiger partial charge is 1.00 e. The fourth-order valence-electron chi connectivity index (χ4n) is 7.47. The molecule has 0 saturated heterocycles. The van der Waals surface area contributed by atoms with Crippen LogP contribution in [0, 0.1) is 0 Å². The molecule has 6 heterocycles. The second-order valence-electron chi connectivity index (χ2n) is 21.7. The average molecular weight is 1860 g/mol. The quantitative estimate of drug-likeness (QED) is 0.0463. The SMILES string of the molecule is CN(C)c1nc(=Nc2ccccc2)nc([S-])[nH]1.CN(C)c1nc(=Nc2ccccc2)nc([S-])[nH]1.CN(C)c1nc(=Nc2ccccc2)nc([S-])[nH]1.CN(C)c1nc(=Nc2ccccc2)nc([S-])[nH]1.CN(C)c1nc([S-])nc(Nc2ccccc2)n1.CN(C)c1nc([S-])nc(Nc2ccccc2)n1.[Cu+].[Cu+].[Cu+].[Cu+].[Cu+].[Cu+]. The van der Waals surface area contributed by atoms with Gasteiger partial charge in [0.05, 0.1) is 22.7 Å². The molecule has 0 amide bonds. The van der Waals surface area contributed by atoms with Crippen LogP contribution in [-0.2, 0) is 178 Å². The molecule has 0 aliphatic heterocycles. The molecular weight excluding hydrogens is 1790 g/mol. The molecule has 108 heavy (non-hydrogen) atoms. The van der Waals surface area contributed by atoms with Crippen molar-refractivity contribution in [1.29, 1.82) is 0 Å². The molecule has 0 atom stereocenters. The van der Waals surface area contributed by atoms with Crippen LogP contribution in [0.3, 0.4) is 0 Å². The Labute approximate surface area is 722 Å². The van der Waals surface area contributed by atoms with E-state index in [1.807, 2.05) is 286 Å². The van der Waals surface area contributed by atoms with Crippen molar-refractivity contribution in [1.82, 2.24) is 89.7 Å². The summed E-state index contributed by atoms with van der Waals surface area (Å²) >= 11 is 30.1. The van der Waals surface area contributed by atoms with Gasteiger partial charge in [-0.2, -0.15) is 29.9 Å². The minimum absolute atomic E-state index is 0. The third-order valence-electron chi connectivity index (χ3n) is 12.2. The number of H-pyrrole nitrogens is 4. The van der Waals surface area contributed by atoms with Gasteiger partial charge in [0.15, 0.2) is 0 Å². The van der Waals surface area contributed by atoms with Crippen LogP contribution in [-0.4, -0.2) is 174 Å². The number of rotatable bonds is 14. The molecule has 12 rings (SSSR count). The van der Waals surface area contributed by atoms with Gasteiger partial charge >= 0.3 is 102 Å². The molecule has 0 aliphatic carbocycles. The van der Waals surface area contributed by atoms with E-state index in [1.165, 1.54) is 0 Å². The Bertz CT molecular complexity index is 4340. The summed E-state index contributed by atoms with van der Waals surface area (Å²) in [5.74, 6) is 4.56. The van der Waals surface area contributed by atoms with Crippen molar-refractivity contribution in [3.8, 4) is 0 Å². The van der Waals surface area contributed by atoms with Gasteiger partial charge in [0.1, 0.15) is 0 Å². The van der Waals surface area contributed by atoms with Gasteiger partial charge in [-0.25, -0.2) is 59.8 Å². The van der Waals surface area contributed by atoms with Crippen LogP contribution in [0.5, 0.6) is 0 Å². The number of aromatic amines is 4. The van der Waals surface area contributed by atoms with Crippen molar-refractivity contribution < 1.29 is 102 Å². The molecule has 0 fully saturated rings. The summed E-state index contributed by atoms with van der Waals surface area (Å²) < 4.78 is 0. The van der Waals surface area contributed by atoms with Gasteiger partial charge in [0, 0.05) is 106 Å². The molecule has 0 saturated carbocycles. The molecule has 30 nitrogen and oxygen atoms in total. The normalized spacial score (nSPS) is 10.4. The Morgan fingerprint density at radius 1 is 0.250 bits per heavy atom. The van der Waals surface area contributed by atoms with E-state index in [0.29, 0.717) is 90.7 Å². The van der Waals surface area contributed by atoms with Gasteiger partial charge < -0.3 is 136 Å². The molecule has 0 spiro atoms. The Morgan fingerprint density at radius 3 is 0.648 bits per heavy atom. The van der Waals surface area contributed by atoms with Gasteiger partial charge in [-0.3, -0.25) is 0 Å². The first kappa shape index (κ1) is 97.4. The summed E-state index contributed by atoms with van der Waals surface area (Å²) in [6, 6.07) is 57.5. The van der Waals surface area contributed by atoms with Crippen molar-refractivity contribution in [2.75, 3.05) is 125 Å². The number of hydrogen-bond donors (Lipinski definition) is 6. The fraction of sp³-hybridized carbons (Fsp3) is 0.182. The van der Waals surface area contributed by atoms with E-state index in [2.05, 4.69) is 120 Å². The number of nitrogens with zero attached hydrogens (tertiary/aromatic N) is 24. The van der Waals surface area contributed by atoms with Gasteiger partial charge in [-0.15, -0.1) is 0 Å². The first-order valence-corrected chi connectivity index (χ1v) is 32.9. The van der Waals surface area contributed by atoms with E-state index in [9.17, 15) is 0 Å². The van der Waals surface area contributed by atoms with Crippen molar-refractivity contribution in [3.05, 3.63) is 204 Å². The third kappa shape index (κ3) is 35.6. The number of para-hydroxylation sites is 6. The minimum Gasteiger partial charge on any atom is -0.742 e. The number of hydrogen-bond acceptors (Lipinski definition) is 32. The average Bonchev–Trinajstić information content (AvgIpc) is 0.889. The zero-order valence-corrected chi connectivity index (χ0v) is 69.9. The molecule has 42 heteroatoms. The molecule has 0 aliphatic rings. The van der Waals surface area contributed by atoms with Gasteiger partial charge in [0.25, 0.3) is 22.5 Å². The Hall–Kier alpha value is -8.58. The third-order valence-corrected chi connectivity index (χ3v) is 13.3. The van der Waals surface area contributed by atoms with Crippen LogP contribution in [0.15, 0.2) is 233 Å². The molecule has 12 aromatic rings. The van der Waals surface area contributed by atoms with Gasteiger partial charge in [0.2, 0.25) is 47.6 Å². The summed E-state index contributed by atoms with van der Waals surface area (Å²) in [6.45, 7) is 0. The number of benzene rings is 6. The molecule has 0 unspecified atom stereocenters. The van der Waals surface area contributed by atoms with Crippen molar-refractivity contribution >= 4 is 157 Å². The van der Waals surface area contributed by atoms with Crippen LogP contribution in [0.25, 0.3) is 0 Å². The summed E-state index contributed by atoms with van der Waals surface area (Å²) in [6.07, 6.45) is 0. The maximum atomic E-state index is 5.03. The van der Waals surface area contributed by atoms with Gasteiger partial charge in [-0.1, -0.05) is 109 Å². The molecule has 588 valence electrons. The van der Waals surface area contributed by atoms with Crippen molar-refractivity contribution in [2.24, 2.45) is 20.0 Å². The predicted molar refractivity (Wildman–Crippen MR) is 411 cm³/mol. The second-order valence-corrected chi connectivity index (χ2v) is 24.0. The van der Waals surface area contributed by atoms with Crippen LogP contribution in [0.2, 0.25) is 0 Å². The fourth-order valence-corrected chi connectivity index (χ4v) is 8.50. The summed E-state index contributed by atoms with van der Waals surface area (Å²) in [5, 5.41) is 8.22. The standard InChI is InChI=1S/6C11H13N5S.6Cu/c6*1-16(2)10-13-9(14-11(17)15-10)12-8-6-4-3-5-7-8;;;;;;/h6*3-7H,1-2H3,(H2,12,13,14,15,17);;;;;;/q;;;;;;6*+1/p-6. The monoisotopic (exact) mass is 1850 g/mol. The zero-order valence-electron chi connectivity index (χ0n) is 59.3. The first-order chi connectivity index (χ1) is 48.9. The Kier molecular flexibility index (Phi) is 45.9. The molecular formula is C66H72Cu6N30S6. The number of anilines is 10. The maximum absolute atomic E-state index is 5.03. The molecule has 6 aromatic heterocycles. The molecule has 0 radical (unpaired) electrons. The van der Waals surface area contributed by atoms with Crippen LogP contribution in [0.1, 0.15) is 0 Å². The topological polar surface area (TPSA) is 337 Å². The summed E-state index contributed by atoms with van der Waals surface area (Å²) in [7, 11) is 22.4. The molecule has 6 N–H and O–H groups in total. The van der Waals surface area contributed by atoms with E-state index in [1.54, 1.807) is 9.80 Å². The number of aromatic nitrogens is 18. The summed E-state index contributed by atoms with van der Waals surface area (Å²) in [4.78, 5) is 97.7. The van der Waals surface area contributed by atoms with E-state index in [-0.39, 0.29) is 113 Å². The predicted octanol–water partition coefficient (Wildman–Crippen LogP) is 7.19. The smallest absolute Gasteiger partial charge is 0.742 e. The van der Waals surface area contributed by atoms with Gasteiger partial charge in [-0.05, 0) is 93.4 Å². The van der Waals surface area contributed by atoms with Crippen molar-refractivity contribution in [2.45, 2.75) is 30.9 Å². The Balaban J connectivity index is 0.000000641. The van der Waals surface area contributed by atoms with E-state index in [4.69, 9.17) is 75.8 Å². The molecule has 0 bridgehead atoms. The first-order valence-electron chi connectivity index (χ1n) is 30.4. The van der Waals surface area contributed by atoms with E-state index < -0.39 is 0 Å². The van der Waals surface area contributed by atoms with Crippen LogP contribution >= 0.6 is 0 Å². The van der Waals surface area contributed by atoms with Crippen LogP contribution < -0.4 is 62.5 Å². The zero-order chi connectivity index (χ0) is 73.5. The van der Waals surface area contributed by atoms with E-state index >= 15 is 0 Å². The summed E-state index contributed by atoms with van der Waals surface area (Å²) in [5.41, 5.74) is 6.50.